The van der Waals surface area contributed by atoms with Gasteiger partial charge < -0.3 is 15.4 Å². The molecule has 6 nitrogen and oxygen atoms in total. The Balaban J connectivity index is 2.02. The summed E-state index contributed by atoms with van der Waals surface area (Å²) in [6, 6.07) is 5.32. The van der Waals surface area contributed by atoms with Crippen molar-refractivity contribution in [2.75, 3.05) is 26.2 Å². The van der Waals surface area contributed by atoms with Crippen molar-refractivity contribution in [3.63, 3.8) is 0 Å². The fraction of sp³-hybridized carbons (Fsp3) is 0.545. The highest BCUT2D eigenvalue weighted by molar-refractivity contribution is 5.95. The molecule has 0 bridgehead atoms. The van der Waals surface area contributed by atoms with Crippen molar-refractivity contribution in [2.45, 2.75) is 52.5 Å². The smallest absolute Gasteiger partial charge is 0.338 e. The molecule has 1 fully saturated rings. The molecule has 2 N–H and O–H groups in total. The van der Waals surface area contributed by atoms with E-state index in [2.05, 4.69) is 15.5 Å². The first-order valence-corrected chi connectivity index (χ1v) is 10.3. The summed E-state index contributed by atoms with van der Waals surface area (Å²) in [6.45, 7) is 8.64. The van der Waals surface area contributed by atoms with Gasteiger partial charge in [-0.15, -0.1) is 0 Å². The van der Waals surface area contributed by atoms with Gasteiger partial charge in [0.1, 0.15) is 0 Å². The van der Waals surface area contributed by atoms with E-state index in [1.165, 1.54) is 12.8 Å². The number of rotatable bonds is 5. The predicted octanol–water partition coefficient (Wildman–Crippen LogP) is 3.35. The standard InChI is InChI=1S/C22H31N3O3/c1-4-28-21(26)19-18(14-25-11-7-5-6-8-12-25)23-22(27)24-20(19)17-13-15(2)9-10-16(17)3/h9-10,13,20H,4-8,11-12,14H2,1-3H3,(H2,23,24,27). The number of likely N-dealkylation sites (tertiary alicyclic amines) is 1. The molecule has 2 amide bonds. The SMILES string of the molecule is CCOC(=O)C1=C(CN2CCCCCC2)NC(=O)NC1c1cc(C)ccc1C. The van der Waals surface area contributed by atoms with Crippen LogP contribution < -0.4 is 10.6 Å². The number of hydrogen-bond donors (Lipinski definition) is 2. The lowest BCUT2D eigenvalue weighted by atomic mass is 9.91. The summed E-state index contributed by atoms with van der Waals surface area (Å²) in [5.74, 6) is -0.370. The number of urea groups is 1. The minimum absolute atomic E-state index is 0.274. The average molecular weight is 386 g/mol. The van der Waals surface area contributed by atoms with Crippen molar-refractivity contribution in [3.05, 3.63) is 46.2 Å². The Bertz CT molecular complexity index is 764. The highest BCUT2D eigenvalue weighted by atomic mass is 16.5. The van der Waals surface area contributed by atoms with Gasteiger partial charge in [-0.2, -0.15) is 0 Å². The Morgan fingerprint density at radius 3 is 2.57 bits per heavy atom. The first kappa shape index (κ1) is 20.4. The third kappa shape index (κ3) is 4.73. The lowest BCUT2D eigenvalue weighted by Crippen LogP contribution is -2.48. The van der Waals surface area contributed by atoms with E-state index >= 15 is 0 Å². The van der Waals surface area contributed by atoms with E-state index < -0.39 is 6.04 Å². The number of aryl methyl sites for hydroxylation is 2. The Morgan fingerprint density at radius 2 is 1.89 bits per heavy atom. The van der Waals surface area contributed by atoms with Gasteiger partial charge in [-0.3, -0.25) is 4.90 Å². The molecule has 2 aliphatic rings. The molecule has 6 heteroatoms. The minimum atomic E-state index is -0.505. The van der Waals surface area contributed by atoms with Crippen LogP contribution in [-0.2, 0) is 9.53 Å². The fourth-order valence-corrected chi connectivity index (χ4v) is 4.01. The molecule has 2 aliphatic heterocycles. The second-order valence-electron chi connectivity index (χ2n) is 7.69. The molecule has 0 aromatic heterocycles. The normalized spacial score (nSPS) is 21.0. The van der Waals surface area contributed by atoms with E-state index in [-0.39, 0.29) is 12.0 Å². The summed E-state index contributed by atoms with van der Waals surface area (Å²) in [6.07, 6.45) is 4.77. The van der Waals surface area contributed by atoms with E-state index in [1.807, 2.05) is 32.0 Å². The maximum absolute atomic E-state index is 12.9. The van der Waals surface area contributed by atoms with Crippen LogP contribution in [0.15, 0.2) is 29.5 Å². The van der Waals surface area contributed by atoms with Gasteiger partial charge in [-0.25, -0.2) is 9.59 Å². The molecular weight excluding hydrogens is 354 g/mol. The van der Waals surface area contributed by atoms with Crippen molar-refractivity contribution in [3.8, 4) is 0 Å². The predicted molar refractivity (Wildman–Crippen MR) is 109 cm³/mol. The van der Waals surface area contributed by atoms with E-state index in [1.54, 1.807) is 6.92 Å². The van der Waals surface area contributed by atoms with Crippen molar-refractivity contribution in [1.29, 1.82) is 0 Å². The third-order valence-corrected chi connectivity index (χ3v) is 5.48. The molecule has 0 aliphatic carbocycles. The van der Waals surface area contributed by atoms with Crippen LogP contribution in [0.1, 0.15) is 55.3 Å². The summed E-state index contributed by atoms with van der Waals surface area (Å²) in [7, 11) is 0. The van der Waals surface area contributed by atoms with Gasteiger partial charge in [-0.05, 0) is 57.8 Å². The molecule has 0 spiro atoms. The fourth-order valence-electron chi connectivity index (χ4n) is 4.01. The van der Waals surface area contributed by atoms with Gasteiger partial charge in [0.25, 0.3) is 0 Å². The number of hydrogen-bond acceptors (Lipinski definition) is 4. The van der Waals surface area contributed by atoms with Crippen molar-refractivity contribution in [1.82, 2.24) is 15.5 Å². The van der Waals surface area contributed by atoms with Crippen molar-refractivity contribution < 1.29 is 14.3 Å². The zero-order valence-electron chi connectivity index (χ0n) is 17.1. The van der Waals surface area contributed by atoms with Crippen LogP contribution >= 0.6 is 0 Å². The summed E-state index contributed by atoms with van der Waals surface area (Å²) >= 11 is 0. The maximum Gasteiger partial charge on any atom is 0.338 e. The number of ether oxygens (including phenoxy) is 1. The van der Waals surface area contributed by atoms with Crippen LogP contribution in [0.5, 0.6) is 0 Å². The molecule has 3 rings (SSSR count). The van der Waals surface area contributed by atoms with Crippen LogP contribution in [0, 0.1) is 13.8 Å². The molecule has 152 valence electrons. The highest BCUT2D eigenvalue weighted by Gasteiger charge is 2.35. The van der Waals surface area contributed by atoms with Gasteiger partial charge in [-0.1, -0.05) is 36.6 Å². The Hall–Kier alpha value is -2.34. The highest BCUT2D eigenvalue weighted by Crippen LogP contribution is 2.31. The molecule has 1 aromatic rings. The summed E-state index contributed by atoms with van der Waals surface area (Å²) in [4.78, 5) is 27.7. The maximum atomic E-state index is 12.9. The summed E-state index contributed by atoms with van der Waals surface area (Å²) in [5, 5.41) is 5.84. The molecule has 1 aromatic carbocycles. The molecule has 0 saturated carbocycles. The number of carbonyl (C=O) groups is 2. The van der Waals surface area contributed by atoms with Gasteiger partial charge in [0.2, 0.25) is 0 Å². The van der Waals surface area contributed by atoms with Crippen LogP contribution in [0.2, 0.25) is 0 Å². The van der Waals surface area contributed by atoms with E-state index in [4.69, 9.17) is 4.74 Å². The first-order chi connectivity index (χ1) is 13.5. The molecular formula is C22H31N3O3. The zero-order valence-corrected chi connectivity index (χ0v) is 17.1. The van der Waals surface area contributed by atoms with E-state index in [9.17, 15) is 9.59 Å². The zero-order chi connectivity index (χ0) is 20.1. The van der Waals surface area contributed by atoms with Gasteiger partial charge >= 0.3 is 12.0 Å². The molecule has 2 heterocycles. The van der Waals surface area contributed by atoms with Gasteiger partial charge in [0.15, 0.2) is 0 Å². The largest absolute Gasteiger partial charge is 0.463 e. The number of benzene rings is 1. The van der Waals surface area contributed by atoms with Crippen LogP contribution in [0.4, 0.5) is 4.79 Å². The monoisotopic (exact) mass is 385 g/mol. The van der Waals surface area contributed by atoms with Crippen LogP contribution in [-0.4, -0.2) is 43.1 Å². The number of esters is 1. The second kappa shape index (κ2) is 9.24. The third-order valence-electron chi connectivity index (χ3n) is 5.48. The Kier molecular flexibility index (Phi) is 6.73. The molecule has 28 heavy (non-hydrogen) atoms. The molecule has 0 radical (unpaired) electrons. The van der Waals surface area contributed by atoms with Crippen LogP contribution in [0.25, 0.3) is 0 Å². The molecule has 1 saturated heterocycles. The number of nitrogens with zero attached hydrogens (tertiary/aromatic N) is 1. The van der Waals surface area contributed by atoms with E-state index in [0.717, 1.165) is 42.6 Å². The van der Waals surface area contributed by atoms with Crippen molar-refractivity contribution in [2.24, 2.45) is 0 Å². The number of amides is 2. The number of nitrogens with one attached hydrogen (secondary N) is 2. The van der Waals surface area contributed by atoms with Gasteiger partial charge in [0.05, 0.1) is 18.2 Å². The Labute approximate surface area is 167 Å². The molecule has 1 atom stereocenters. The summed E-state index contributed by atoms with van der Waals surface area (Å²) < 4.78 is 5.38. The first-order valence-electron chi connectivity index (χ1n) is 10.3. The lowest BCUT2D eigenvalue weighted by molar-refractivity contribution is -0.139. The topological polar surface area (TPSA) is 70.7 Å². The number of carbonyl (C=O) groups excluding carboxylic acids is 2. The van der Waals surface area contributed by atoms with E-state index in [0.29, 0.717) is 24.4 Å². The second-order valence-corrected chi connectivity index (χ2v) is 7.69. The van der Waals surface area contributed by atoms with Crippen molar-refractivity contribution >= 4 is 12.0 Å². The Morgan fingerprint density at radius 1 is 1.18 bits per heavy atom. The minimum Gasteiger partial charge on any atom is -0.463 e. The summed E-state index contributed by atoms with van der Waals surface area (Å²) in [5.41, 5.74) is 4.24. The van der Waals surface area contributed by atoms with Gasteiger partial charge in [0, 0.05) is 12.2 Å². The van der Waals surface area contributed by atoms with Crippen LogP contribution in [0.3, 0.4) is 0 Å². The average Bonchev–Trinajstić information content (AvgIpc) is 2.92. The lowest BCUT2D eigenvalue weighted by Gasteiger charge is -2.32. The quantitative estimate of drug-likeness (QED) is 0.763. The molecule has 1 unspecified atom stereocenters.